The van der Waals surface area contributed by atoms with Crippen molar-refractivity contribution in [2.75, 3.05) is 11.9 Å². The van der Waals surface area contributed by atoms with Crippen LogP contribution in [0.15, 0.2) is 0 Å². The molecule has 0 aliphatic heterocycles. The second-order valence-corrected chi connectivity index (χ2v) is 2.34. The fourth-order valence-corrected chi connectivity index (χ4v) is 0.580. The molecule has 64 valence electrons. The molecule has 5 nitrogen and oxygen atoms in total. The van der Waals surface area contributed by atoms with E-state index in [1.807, 2.05) is 0 Å². The Labute approximate surface area is 71.5 Å². The highest BCUT2D eigenvalue weighted by Crippen LogP contribution is 1.85. The summed E-state index contributed by atoms with van der Waals surface area (Å²) in [7, 11) is 0. The summed E-state index contributed by atoms with van der Waals surface area (Å²) in [5, 5.41) is 18.9. The van der Waals surface area contributed by atoms with E-state index in [0.29, 0.717) is 0 Å². The number of carboxylic acid groups (broad SMARTS) is 1. The molecule has 0 aromatic rings. The zero-order valence-corrected chi connectivity index (χ0v) is 7.17. The number of hydrogen-bond acceptors (Lipinski definition) is 3. The van der Waals surface area contributed by atoms with Crippen LogP contribution in [0.5, 0.6) is 0 Å². The SMILES string of the molecule is O=C(CBr)N[C@@H](CO)C(=O)O. The smallest absolute Gasteiger partial charge is 0.328 e. The average molecular weight is 226 g/mol. The molecule has 3 N–H and O–H groups in total. The lowest BCUT2D eigenvalue weighted by atomic mass is 10.3. The standard InChI is InChI=1S/C5H8BrNO4/c6-1-4(9)7-3(2-8)5(10)11/h3,8H,1-2H2,(H,7,9)(H,10,11)/t3-/m0/s1. The van der Waals surface area contributed by atoms with Gasteiger partial charge in [0.25, 0.3) is 0 Å². The van der Waals surface area contributed by atoms with Crippen LogP contribution in [0.2, 0.25) is 0 Å². The van der Waals surface area contributed by atoms with Crippen LogP contribution in [0.1, 0.15) is 0 Å². The number of aliphatic hydroxyl groups is 1. The fourth-order valence-electron chi connectivity index (χ4n) is 0.418. The molecule has 6 heteroatoms. The Morgan fingerprint density at radius 3 is 2.36 bits per heavy atom. The van der Waals surface area contributed by atoms with E-state index in [9.17, 15) is 9.59 Å². The topological polar surface area (TPSA) is 86.6 Å². The highest BCUT2D eigenvalue weighted by atomic mass is 79.9. The zero-order valence-electron chi connectivity index (χ0n) is 5.58. The Balaban J connectivity index is 3.88. The van der Waals surface area contributed by atoms with Crippen molar-refractivity contribution in [2.24, 2.45) is 0 Å². The summed E-state index contributed by atoms with van der Waals surface area (Å²) < 4.78 is 0. The van der Waals surface area contributed by atoms with Crippen molar-refractivity contribution in [3.63, 3.8) is 0 Å². The van der Waals surface area contributed by atoms with Crippen molar-refractivity contribution in [3.8, 4) is 0 Å². The molecule has 11 heavy (non-hydrogen) atoms. The highest BCUT2D eigenvalue weighted by Gasteiger charge is 2.17. The molecule has 1 atom stereocenters. The van der Waals surface area contributed by atoms with Gasteiger partial charge in [-0.3, -0.25) is 4.79 Å². The van der Waals surface area contributed by atoms with Crippen LogP contribution in [0, 0.1) is 0 Å². The molecule has 0 rings (SSSR count). The molecule has 0 fully saturated rings. The number of nitrogens with one attached hydrogen (secondary N) is 1. The first-order valence-corrected chi connectivity index (χ1v) is 3.93. The van der Waals surface area contributed by atoms with E-state index in [2.05, 4.69) is 21.2 Å². The molecule has 0 aliphatic rings. The Morgan fingerprint density at radius 2 is 2.09 bits per heavy atom. The van der Waals surface area contributed by atoms with E-state index in [-0.39, 0.29) is 5.33 Å². The molecule has 0 bridgehead atoms. The summed E-state index contributed by atoms with van der Waals surface area (Å²) in [5.74, 6) is -1.71. The minimum absolute atomic E-state index is 0.0246. The van der Waals surface area contributed by atoms with Crippen LogP contribution in [0.25, 0.3) is 0 Å². The number of hydrogen-bond donors (Lipinski definition) is 3. The largest absolute Gasteiger partial charge is 0.480 e. The van der Waals surface area contributed by atoms with Crippen LogP contribution in [0.4, 0.5) is 0 Å². The summed E-state index contributed by atoms with van der Waals surface area (Å²) in [6.07, 6.45) is 0. The molecule has 0 aromatic carbocycles. The maximum atomic E-state index is 10.6. The van der Waals surface area contributed by atoms with E-state index >= 15 is 0 Å². The Hall–Kier alpha value is -0.620. The molecular weight excluding hydrogens is 218 g/mol. The quantitative estimate of drug-likeness (QED) is 0.533. The number of aliphatic carboxylic acids is 1. The molecule has 0 unspecified atom stereocenters. The van der Waals surface area contributed by atoms with Crippen LogP contribution in [0.3, 0.4) is 0 Å². The molecule has 0 aromatic heterocycles. The minimum atomic E-state index is -1.25. The second-order valence-electron chi connectivity index (χ2n) is 1.77. The lowest BCUT2D eigenvalue weighted by Gasteiger charge is -2.09. The van der Waals surface area contributed by atoms with Gasteiger partial charge in [0, 0.05) is 0 Å². The molecule has 0 heterocycles. The Morgan fingerprint density at radius 1 is 1.55 bits per heavy atom. The number of carboxylic acids is 1. The second kappa shape index (κ2) is 5.09. The third kappa shape index (κ3) is 3.94. The van der Waals surface area contributed by atoms with Gasteiger partial charge in [-0.2, -0.15) is 0 Å². The number of halogens is 1. The number of rotatable bonds is 4. The van der Waals surface area contributed by atoms with Gasteiger partial charge in [-0.05, 0) is 0 Å². The maximum Gasteiger partial charge on any atom is 0.328 e. The minimum Gasteiger partial charge on any atom is -0.480 e. The predicted octanol–water partition coefficient (Wildman–Crippen LogP) is -1.06. The maximum absolute atomic E-state index is 10.6. The van der Waals surface area contributed by atoms with Crippen molar-refractivity contribution in [2.45, 2.75) is 6.04 Å². The van der Waals surface area contributed by atoms with E-state index < -0.39 is 24.5 Å². The first-order valence-electron chi connectivity index (χ1n) is 2.80. The predicted molar refractivity (Wildman–Crippen MR) is 40.4 cm³/mol. The molecule has 0 saturated carbocycles. The number of amides is 1. The van der Waals surface area contributed by atoms with Crippen molar-refractivity contribution < 1.29 is 19.8 Å². The summed E-state index contributed by atoms with van der Waals surface area (Å²) >= 11 is 2.83. The van der Waals surface area contributed by atoms with Gasteiger partial charge in [-0.15, -0.1) is 0 Å². The molecule has 0 aliphatic carbocycles. The van der Waals surface area contributed by atoms with Crippen LogP contribution >= 0.6 is 15.9 Å². The zero-order chi connectivity index (χ0) is 8.85. The van der Waals surface area contributed by atoms with E-state index in [1.54, 1.807) is 0 Å². The van der Waals surface area contributed by atoms with E-state index in [4.69, 9.17) is 10.2 Å². The van der Waals surface area contributed by atoms with Crippen molar-refractivity contribution >= 4 is 27.8 Å². The summed E-state index contributed by atoms with van der Waals surface area (Å²) in [6.45, 7) is -0.603. The molecule has 0 spiro atoms. The van der Waals surface area contributed by atoms with Gasteiger partial charge < -0.3 is 15.5 Å². The fraction of sp³-hybridized carbons (Fsp3) is 0.600. The number of alkyl halides is 1. The Kier molecular flexibility index (Phi) is 4.80. The summed E-state index contributed by atoms with van der Waals surface area (Å²) in [5.41, 5.74) is 0. The van der Waals surface area contributed by atoms with Gasteiger partial charge in [0.1, 0.15) is 6.04 Å². The van der Waals surface area contributed by atoms with Crippen molar-refractivity contribution in [3.05, 3.63) is 0 Å². The van der Waals surface area contributed by atoms with Crippen LogP contribution in [-0.2, 0) is 9.59 Å². The molecule has 1 amide bonds. The van der Waals surface area contributed by atoms with Crippen molar-refractivity contribution in [1.82, 2.24) is 5.32 Å². The van der Waals surface area contributed by atoms with E-state index in [0.717, 1.165) is 0 Å². The number of carbonyl (C=O) groups excluding carboxylic acids is 1. The van der Waals surface area contributed by atoms with E-state index in [1.165, 1.54) is 0 Å². The third-order valence-electron chi connectivity index (χ3n) is 0.937. The average Bonchev–Trinajstić information content (AvgIpc) is 1.99. The van der Waals surface area contributed by atoms with Crippen LogP contribution in [-0.4, -0.2) is 40.1 Å². The van der Waals surface area contributed by atoms with Gasteiger partial charge in [-0.1, -0.05) is 15.9 Å². The summed E-state index contributed by atoms with van der Waals surface area (Å²) in [4.78, 5) is 20.7. The Bertz CT molecular complexity index is 161. The lowest BCUT2D eigenvalue weighted by Crippen LogP contribution is -2.43. The van der Waals surface area contributed by atoms with Gasteiger partial charge in [0.2, 0.25) is 5.91 Å². The van der Waals surface area contributed by atoms with Crippen molar-refractivity contribution in [1.29, 1.82) is 0 Å². The number of carbonyl (C=O) groups is 2. The summed E-state index contributed by atoms with van der Waals surface area (Å²) in [6, 6.07) is -1.21. The molecular formula is C5H8BrNO4. The third-order valence-corrected chi connectivity index (χ3v) is 1.45. The first kappa shape index (κ1) is 10.4. The number of aliphatic hydroxyl groups excluding tert-OH is 1. The monoisotopic (exact) mass is 225 g/mol. The van der Waals surface area contributed by atoms with Crippen LogP contribution < -0.4 is 5.32 Å². The van der Waals surface area contributed by atoms with Gasteiger partial charge in [-0.25, -0.2) is 4.79 Å². The van der Waals surface area contributed by atoms with Gasteiger partial charge in [0.05, 0.1) is 11.9 Å². The van der Waals surface area contributed by atoms with Gasteiger partial charge in [0.15, 0.2) is 0 Å². The van der Waals surface area contributed by atoms with Gasteiger partial charge >= 0.3 is 5.97 Å². The molecule has 0 saturated heterocycles. The first-order chi connectivity index (χ1) is 5.11. The highest BCUT2D eigenvalue weighted by molar-refractivity contribution is 9.09. The molecule has 0 radical (unpaired) electrons. The lowest BCUT2D eigenvalue weighted by molar-refractivity contribution is -0.142. The normalized spacial score (nSPS) is 12.2.